The molecule has 0 aliphatic rings. The van der Waals surface area contributed by atoms with Crippen molar-refractivity contribution in [3.8, 4) is 0 Å². The maximum Gasteiger partial charge on any atom is 0.251 e. The molecule has 3 nitrogen and oxygen atoms in total. The van der Waals surface area contributed by atoms with Gasteiger partial charge in [0, 0.05) is 23.1 Å². The van der Waals surface area contributed by atoms with E-state index in [1.165, 1.54) is 0 Å². The lowest BCUT2D eigenvalue weighted by molar-refractivity contribution is 0.0962. The van der Waals surface area contributed by atoms with Gasteiger partial charge in [0.2, 0.25) is 0 Å². The summed E-state index contributed by atoms with van der Waals surface area (Å²) in [6, 6.07) is 14.6. The third-order valence-corrected chi connectivity index (χ3v) is 3.95. The average molecular weight is 311 g/mol. The topological polar surface area (TPSA) is 46.2 Å². The van der Waals surface area contributed by atoms with Crippen LogP contribution < -0.4 is 5.32 Å². The average Bonchev–Trinajstić information content (AvgIpc) is 2.59. The minimum atomic E-state index is -0.125. The van der Waals surface area contributed by atoms with E-state index in [1.807, 2.05) is 42.7 Å². The first-order valence-corrected chi connectivity index (χ1v) is 8.05. The number of hydrogen-bond acceptors (Lipinski definition) is 3. The maximum absolute atomic E-state index is 12.1. The van der Waals surface area contributed by atoms with Crippen LogP contribution in [-0.2, 0) is 0 Å². The van der Waals surface area contributed by atoms with Crippen molar-refractivity contribution >= 4 is 29.5 Å². The van der Waals surface area contributed by atoms with Crippen LogP contribution in [0, 0.1) is 0 Å². The van der Waals surface area contributed by atoms with Gasteiger partial charge in [-0.3, -0.25) is 9.59 Å². The fourth-order valence-corrected chi connectivity index (χ4v) is 2.32. The first kappa shape index (κ1) is 16.0. The lowest BCUT2D eigenvalue weighted by atomic mass is 10.1. The van der Waals surface area contributed by atoms with Crippen LogP contribution in [0.15, 0.2) is 59.5 Å². The number of carbonyl (C=O) groups is 2. The molecule has 0 radical (unpaired) electrons. The first-order chi connectivity index (χ1) is 10.6. The molecular weight excluding hydrogens is 294 g/mol. The number of ketones is 1. The summed E-state index contributed by atoms with van der Waals surface area (Å²) < 4.78 is 0. The predicted molar refractivity (Wildman–Crippen MR) is 91.4 cm³/mol. The standard InChI is InChI=1S/C18H17NO2S/c1-19-18(21)15-6-3-13(4-7-15)5-12-17(20)14-8-10-16(22-2)11-9-14/h3-12H,1-2H3,(H,19,21)/b12-5+. The Bertz CT molecular complexity index is 688. The van der Waals surface area contributed by atoms with E-state index in [2.05, 4.69) is 5.32 Å². The number of allylic oxidation sites excluding steroid dienone is 1. The number of nitrogens with one attached hydrogen (secondary N) is 1. The van der Waals surface area contributed by atoms with Crippen molar-refractivity contribution in [2.45, 2.75) is 4.90 Å². The van der Waals surface area contributed by atoms with Gasteiger partial charge in [0.1, 0.15) is 0 Å². The van der Waals surface area contributed by atoms with E-state index in [1.54, 1.807) is 43.1 Å². The number of thioether (sulfide) groups is 1. The molecule has 2 rings (SSSR count). The molecule has 0 atom stereocenters. The fraction of sp³-hybridized carbons (Fsp3) is 0.111. The highest BCUT2D eigenvalue weighted by atomic mass is 32.2. The Labute approximate surface area is 134 Å². The zero-order valence-corrected chi connectivity index (χ0v) is 13.3. The van der Waals surface area contributed by atoms with Crippen LogP contribution in [0.3, 0.4) is 0 Å². The van der Waals surface area contributed by atoms with E-state index in [9.17, 15) is 9.59 Å². The highest BCUT2D eigenvalue weighted by molar-refractivity contribution is 7.98. The molecule has 0 saturated heterocycles. The van der Waals surface area contributed by atoms with Crippen molar-refractivity contribution in [2.24, 2.45) is 0 Å². The van der Waals surface area contributed by atoms with Crippen molar-refractivity contribution in [1.29, 1.82) is 0 Å². The monoisotopic (exact) mass is 311 g/mol. The van der Waals surface area contributed by atoms with E-state index >= 15 is 0 Å². The smallest absolute Gasteiger partial charge is 0.251 e. The third kappa shape index (κ3) is 4.09. The summed E-state index contributed by atoms with van der Waals surface area (Å²) in [5.74, 6) is -0.163. The highest BCUT2D eigenvalue weighted by Gasteiger charge is 2.03. The van der Waals surface area contributed by atoms with Crippen molar-refractivity contribution < 1.29 is 9.59 Å². The van der Waals surface area contributed by atoms with Crippen LogP contribution in [0.25, 0.3) is 6.08 Å². The summed E-state index contributed by atoms with van der Waals surface area (Å²) in [6.45, 7) is 0. The summed E-state index contributed by atoms with van der Waals surface area (Å²) in [6.07, 6.45) is 5.29. The van der Waals surface area contributed by atoms with Gasteiger partial charge in [0.05, 0.1) is 0 Å². The summed E-state index contributed by atoms with van der Waals surface area (Å²) >= 11 is 1.64. The van der Waals surface area contributed by atoms with E-state index in [-0.39, 0.29) is 11.7 Å². The molecule has 0 aromatic heterocycles. The van der Waals surface area contributed by atoms with Crippen molar-refractivity contribution in [1.82, 2.24) is 5.32 Å². The first-order valence-electron chi connectivity index (χ1n) is 6.82. The van der Waals surface area contributed by atoms with E-state index in [4.69, 9.17) is 0 Å². The number of carbonyl (C=O) groups excluding carboxylic acids is 2. The van der Waals surface area contributed by atoms with Crippen LogP contribution in [-0.4, -0.2) is 25.0 Å². The molecule has 0 spiro atoms. The Morgan fingerprint density at radius 2 is 1.55 bits per heavy atom. The van der Waals surface area contributed by atoms with Gasteiger partial charge in [-0.15, -0.1) is 11.8 Å². The fourth-order valence-electron chi connectivity index (χ4n) is 1.91. The molecule has 0 aliphatic carbocycles. The normalized spacial score (nSPS) is 10.6. The van der Waals surface area contributed by atoms with Crippen LogP contribution in [0.4, 0.5) is 0 Å². The minimum Gasteiger partial charge on any atom is -0.355 e. The lowest BCUT2D eigenvalue weighted by Gasteiger charge is -2.00. The molecule has 4 heteroatoms. The molecule has 2 aromatic carbocycles. The van der Waals surface area contributed by atoms with Crippen LogP contribution in [0.1, 0.15) is 26.3 Å². The maximum atomic E-state index is 12.1. The van der Waals surface area contributed by atoms with Gasteiger partial charge >= 0.3 is 0 Å². The summed E-state index contributed by atoms with van der Waals surface area (Å²) in [5.41, 5.74) is 2.14. The number of rotatable bonds is 5. The largest absolute Gasteiger partial charge is 0.355 e. The second-order valence-corrected chi connectivity index (χ2v) is 5.51. The number of hydrogen-bond donors (Lipinski definition) is 1. The minimum absolute atomic E-state index is 0.0389. The van der Waals surface area contributed by atoms with Crippen LogP contribution in [0.2, 0.25) is 0 Å². The second-order valence-electron chi connectivity index (χ2n) is 4.63. The van der Waals surface area contributed by atoms with Gasteiger partial charge < -0.3 is 5.32 Å². The van der Waals surface area contributed by atoms with Gasteiger partial charge in [-0.25, -0.2) is 0 Å². The zero-order valence-electron chi connectivity index (χ0n) is 12.5. The summed E-state index contributed by atoms with van der Waals surface area (Å²) in [4.78, 5) is 24.7. The number of amides is 1. The molecule has 1 N–H and O–H groups in total. The molecule has 22 heavy (non-hydrogen) atoms. The van der Waals surface area contributed by atoms with E-state index in [0.717, 1.165) is 10.5 Å². The Kier molecular flexibility index (Phi) is 5.55. The lowest BCUT2D eigenvalue weighted by Crippen LogP contribution is -2.17. The van der Waals surface area contributed by atoms with Crippen molar-refractivity contribution in [3.05, 3.63) is 71.3 Å². The predicted octanol–water partition coefficient (Wildman–Crippen LogP) is 3.66. The summed E-state index contributed by atoms with van der Waals surface area (Å²) in [5, 5.41) is 2.57. The highest BCUT2D eigenvalue weighted by Crippen LogP contribution is 2.15. The quantitative estimate of drug-likeness (QED) is 0.521. The van der Waals surface area contributed by atoms with Crippen molar-refractivity contribution in [3.63, 3.8) is 0 Å². The number of benzene rings is 2. The molecule has 0 fully saturated rings. The van der Waals surface area contributed by atoms with Crippen LogP contribution >= 0.6 is 11.8 Å². The second kappa shape index (κ2) is 7.61. The van der Waals surface area contributed by atoms with E-state index < -0.39 is 0 Å². The van der Waals surface area contributed by atoms with Gasteiger partial charge in [-0.05, 0) is 54.3 Å². The molecule has 0 saturated carbocycles. The SMILES string of the molecule is CNC(=O)c1ccc(/C=C/C(=O)c2ccc(SC)cc2)cc1. The zero-order chi connectivity index (χ0) is 15.9. The Morgan fingerprint density at radius 1 is 0.955 bits per heavy atom. The van der Waals surface area contributed by atoms with Gasteiger partial charge in [-0.2, -0.15) is 0 Å². The molecule has 0 heterocycles. The molecule has 112 valence electrons. The van der Waals surface area contributed by atoms with Crippen LogP contribution in [0.5, 0.6) is 0 Å². The Hall–Kier alpha value is -2.33. The molecule has 0 bridgehead atoms. The van der Waals surface area contributed by atoms with Gasteiger partial charge in [0.15, 0.2) is 5.78 Å². The Balaban J connectivity index is 2.07. The molecule has 2 aromatic rings. The molecular formula is C18H17NO2S. The molecule has 0 unspecified atom stereocenters. The summed E-state index contributed by atoms with van der Waals surface area (Å²) in [7, 11) is 1.59. The van der Waals surface area contributed by atoms with E-state index in [0.29, 0.717) is 11.1 Å². The van der Waals surface area contributed by atoms with Gasteiger partial charge in [0.25, 0.3) is 5.91 Å². The third-order valence-electron chi connectivity index (χ3n) is 3.20. The van der Waals surface area contributed by atoms with Crippen molar-refractivity contribution in [2.75, 3.05) is 13.3 Å². The molecule has 0 aliphatic heterocycles. The Morgan fingerprint density at radius 3 is 2.09 bits per heavy atom. The molecule has 1 amide bonds. The van der Waals surface area contributed by atoms with Gasteiger partial charge in [-0.1, -0.05) is 18.2 Å².